The summed E-state index contributed by atoms with van der Waals surface area (Å²) in [5, 5.41) is 0. The molecular weight excluding hydrogens is 108 g/mol. The minimum Gasteiger partial charge on any atom is -0.120 e. The van der Waals surface area contributed by atoms with Crippen LogP contribution in [0, 0.1) is 17.8 Å². The summed E-state index contributed by atoms with van der Waals surface area (Å²) >= 11 is 0. The molecule has 0 atom stereocenters. The second kappa shape index (κ2) is 3.56. The summed E-state index contributed by atoms with van der Waals surface area (Å²) in [5.41, 5.74) is 0.121. The van der Waals surface area contributed by atoms with Crippen LogP contribution in [0.2, 0.25) is 0 Å². The topological polar surface area (TPSA) is 0 Å². The van der Waals surface area contributed by atoms with Gasteiger partial charge in [0.2, 0.25) is 0 Å². The highest BCUT2D eigenvalue weighted by Gasteiger charge is 2.11. The lowest BCUT2D eigenvalue weighted by molar-refractivity contribution is 0.438. The second-order valence-corrected chi connectivity index (χ2v) is 3.13. The molecule has 0 saturated carbocycles. The van der Waals surface area contributed by atoms with E-state index >= 15 is 0 Å². The third-order valence-corrected chi connectivity index (χ3v) is 1.55. The molecule has 0 heteroatoms. The van der Waals surface area contributed by atoms with Gasteiger partial charge in [-0.3, -0.25) is 0 Å². The summed E-state index contributed by atoms with van der Waals surface area (Å²) in [5.74, 6) is 2.78. The fourth-order valence-corrected chi connectivity index (χ4v) is 0.691. The minimum absolute atomic E-state index is 0.121. The zero-order valence-corrected chi connectivity index (χ0v) is 6.70. The maximum atomic E-state index is 5.30. The predicted octanol–water partition coefficient (Wildman–Crippen LogP) is 2.84. The average Bonchev–Trinajstić information content (AvgIpc) is 1.84. The smallest absolute Gasteiger partial charge is 0.0255 e. The van der Waals surface area contributed by atoms with Crippen molar-refractivity contribution in [1.82, 2.24) is 0 Å². The van der Waals surface area contributed by atoms with E-state index in [0.717, 1.165) is 6.42 Å². The molecule has 0 aromatic rings. The van der Waals surface area contributed by atoms with Crippen LogP contribution in [-0.2, 0) is 0 Å². The Kier molecular flexibility index (Phi) is 3.39. The number of unbranched alkanes of at least 4 members (excludes halogenated alkanes) is 1. The Labute approximate surface area is 58.7 Å². The Balaban J connectivity index is 3.49. The van der Waals surface area contributed by atoms with Crippen LogP contribution >= 0.6 is 0 Å². The minimum atomic E-state index is 0.121. The molecule has 0 aliphatic rings. The molecule has 0 saturated heterocycles. The van der Waals surface area contributed by atoms with Gasteiger partial charge < -0.3 is 0 Å². The van der Waals surface area contributed by atoms with Gasteiger partial charge in [0.1, 0.15) is 0 Å². The normalized spacial score (nSPS) is 10.9. The molecule has 0 N–H and O–H groups in total. The van der Waals surface area contributed by atoms with E-state index in [4.69, 9.17) is 6.42 Å². The van der Waals surface area contributed by atoms with Crippen LogP contribution in [0.3, 0.4) is 0 Å². The lowest BCUT2D eigenvalue weighted by atomic mass is 9.89. The first kappa shape index (κ1) is 8.56. The summed E-state index contributed by atoms with van der Waals surface area (Å²) < 4.78 is 0. The predicted molar refractivity (Wildman–Crippen MR) is 42.1 cm³/mol. The molecule has 0 aromatic carbocycles. The van der Waals surface area contributed by atoms with Gasteiger partial charge in [0.15, 0.2) is 0 Å². The van der Waals surface area contributed by atoms with Gasteiger partial charge in [-0.2, -0.15) is 0 Å². The maximum absolute atomic E-state index is 5.30. The summed E-state index contributed by atoms with van der Waals surface area (Å²) in [7, 11) is 0. The molecule has 0 aromatic heterocycles. The molecule has 0 amide bonds. The lowest BCUT2D eigenvalue weighted by Gasteiger charge is -2.15. The first-order valence-electron chi connectivity index (χ1n) is 3.60. The van der Waals surface area contributed by atoms with E-state index in [1.165, 1.54) is 12.8 Å². The quantitative estimate of drug-likeness (QED) is 0.507. The Morgan fingerprint density at radius 3 is 2.33 bits per heavy atom. The fraction of sp³-hybridized carbons (Fsp3) is 0.778. The fourth-order valence-electron chi connectivity index (χ4n) is 0.691. The molecule has 0 heterocycles. The van der Waals surface area contributed by atoms with Crippen LogP contribution in [0.5, 0.6) is 0 Å². The van der Waals surface area contributed by atoms with Crippen LogP contribution in [0.4, 0.5) is 0 Å². The SMILES string of the molecule is C#CC(C)(C)CCCC. The van der Waals surface area contributed by atoms with Crippen molar-refractivity contribution in [3.63, 3.8) is 0 Å². The monoisotopic (exact) mass is 124 g/mol. The van der Waals surface area contributed by atoms with Crippen molar-refractivity contribution in [2.75, 3.05) is 0 Å². The summed E-state index contributed by atoms with van der Waals surface area (Å²) in [4.78, 5) is 0. The van der Waals surface area contributed by atoms with Gasteiger partial charge >= 0.3 is 0 Å². The molecule has 9 heavy (non-hydrogen) atoms. The zero-order valence-electron chi connectivity index (χ0n) is 6.70. The molecule has 0 aliphatic heterocycles. The van der Waals surface area contributed by atoms with Gasteiger partial charge in [-0.05, 0) is 20.3 Å². The molecule has 0 unspecified atom stereocenters. The van der Waals surface area contributed by atoms with Gasteiger partial charge in [-0.25, -0.2) is 0 Å². The summed E-state index contributed by atoms with van der Waals surface area (Å²) in [6, 6.07) is 0. The van der Waals surface area contributed by atoms with Crippen molar-refractivity contribution in [3.8, 4) is 12.3 Å². The lowest BCUT2D eigenvalue weighted by Crippen LogP contribution is -2.06. The third-order valence-electron chi connectivity index (χ3n) is 1.55. The standard InChI is InChI=1S/C9H16/c1-5-7-8-9(3,4)6-2/h2H,5,7-8H2,1,3-4H3. The molecule has 0 rings (SSSR count). The largest absolute Gasteiger partial charge is 0.120 e. The van der Waals surface area contributed by atoms with E-state index < -0.39 is 0 Å². The van der Waals surface area contributed by atoms with E-state index in [1.807, 2.05) is 0 Å². The number of hydrogen-bond acceptors (Lipinski definition) is 0. The summed E-state index contributed by atoms with van der Waals surface area (Å²) in [6.45, 7) is 6.41. The molecule has 0 fully saturated rings. The van der Waals surface area contributed by atoms with E-state index in [2.05, 4.69) is 26.7 Å². The average molecular weight is 124 g/mol. The first-order valence-corrected chi connectivity index (χ1v) is 3.60. The van der Waals surface area contributed by atoms with Crippen LogP contribution in [0.25, 0.3) is 0 Å². The van der Waals surface area contributed by atoms with E-state index in [0.29, 0.717) is 0 Å². The second-order valence-electron chi connectivity index (χ2n) is 3.13. The Bertz CT molecular complexity index is 104. The van der Waals surface area contributed by atoms with Crippen molar-refractivity contribution in [2.24, 2.45) is 5.41 Å². The number of hydrogen-bond donors (Lipinski definition) is 0. The van der Waals surface area contributed by atoms with Gasteiger partial charge in [-0.1, -0.05) is 19.8 Å². The van der Waals surface area contributed by atoms with Crippen molar-refractivity contribution < 1.29 is 0 Å². The Morgan fingerprint density at radius 1 is 1.44 bits per heavy atom. The van der Waals surface area contributed by atoms with Crippen LogP contribution in [0.1, 0.15) is 40.0 Å². The third kappa shape index (κ3) is 4.09. The maximum Gasteiger partial charge on any atom is 0.0255 e. The van der Waals surface area contributed by atoms with Crippen molar-refractivity contribution in [2.45, 2.75) is 40.0 Å². The molecule has 0 aliphatic carbocycles. The zero-order chi connectivity index (χ0) is 7.33. The molecule has 0 spiro atoms. The van der Waals surface area contributed by atoms with Gasteiger partial charge in [0, 0.05) is 5.41 Å². The summed E-state index contributed by atoms with van der Waals surface area (Å²) in [6.07, 6.45) is 8.94. The number of terminal acetylenes is 1. The molecule has 0 radical (unpaired) electrons. The van der Waals surface area contributed by atoms with Gasteiger partial charge in [-0.15, -0.1) is 12.3 Å². The molecule has 0 nitrogen and oxygen atoms in total. The Hall–Kier alpha value is -0.440. The van der Waals surface area contributed by atoms with E-state index in [9.17, 15) is 0 Å². The van der Waals surface area contributed by atoms with Gasteiger partial charge in [0.05, 0.1) is 0 Å². The van der Waals surface area contributed by atoms with Crippen LogP contribution < -0.4 is 0 Å². The van der Waals surface area contributed by atoms with Gasteiger partial charge in [0.25, 0.3) is 0 Å². The first-order chi connectivity index (χ1) is 4.12. The van der Waals surface area contributed by atoms with Crippen LogP contribution in [-0.4, -0.2) is 0 Å². The molecule has 0 bridgehead atoms. The molecular formula is C9H16. The Morgan fingerprint density at radius 2 is 2.00 bits per heavy atom. The highest BCUT2D eigenvalue weighted by Crippen LogP contribution is 2.20. The van der Waals surface area contributed by atoms with E-state index in [1.54, 1.807) is 0 Å². The van der Waals surface area contributed by atoms with Crippen LogP contribution in [0.15, 0.2) is 0 Å². The highest BCUT2D eigenvalue weighted by molar-refractivity contribution is 4.99. The van der Waals surface area contributed by atoms with Crippen molar-refractivity contribution >= 4 is 0 Å². The van der Waals surface area contributed by atoms with Crippen molar-refractivity contribution in [3.05, 3.63) is 0 Å². The van der Waals surface area contributed by atoms with E-state index in [-0.39, 0.29) is 5.41 Å². The molecule has 52 valence electrons. The number of rotatable bonds is 3. The highest BCUT2D eigenvalue weighted by atomic mass is 14.1. The van der Waals surface area contributed by atoms with Crippen molar-refractivity contribution in [1.29, 1.82) is 0 Å².